The Balaban J connectivity index is 1.74. The summed E-state index contributed by atoms with van der Waals surface area (Å²) >= 11 is 0. The van der Waals surface area contributed by atoms with Crippen molar-refractivity contribution in [1.82, 2.24) is 0 Å². The van der Waals surface area contributed by atoms with Gasteiger partial charge in [-0.3, -0.25) is 0 Å². The minimum atomic E-state index is -0.629. The maximum Gasteiger partial charge on any atom is 0.123 e. The van der Waals surface area contributed by atoms with Crippen LogP contribution in [0.5, 0.6) is 0 Å². The maximum absolute atomic E-state index is 11.3. The van der Waals surface area contributed by atoms with Crippen LogP contribution >= 0.6 is 0 Å². The number of hydrogen-bond donors (Lipinski definition) is 1. The first-order valence-electron chi connectivity index (χ1n) is 7.79. The zero-order valence-corrected chi connectivity index (χ0v) is 12.2. The summed E-state index contributed by atoms with van der Waals surface area (Å²) in [6, 6.07) is 10.5. The molecule has 2 heteroatoms. The van der Waals surface area contributed by atoms with Gasteiger partial charge in [-0.15, -0.1) is 0 Å². The first-order valence-corrected chi connectivity index (χ1v) is 7.79. The number of aliphatic hydroxyl groups is 1. The van der Waals surface area contributed by atoms with Gasteiger partial charge in [-0.25, -0.2) is 0 Å². The molecule has 108 valence electrons. The van der Waals surface area contributed by atoms with Crippen molar-refractivity contribution in [1.29, 1.82) is 0 Å². The van der Waals surface area contributed by atoms with Crippen molar-refractivity contribution in [3.63, 3.8) is 0 Å². The van der Waals surface area contributed by atoms with E-state index < -0.39 is 5.60 Å². The second-order valence-corrected chi connectivity index (χ2v) is 7.03. The van der Waals surface area contributed by atoms with E-state index in [0.29, 0.717) is 5.92 Å². The fourth-order valence-electron chi connectivity index (χ4n) is 4.52. The third kappa shape index (κ3) is 2.10. The van der Waals surface area contributed by atoms with Crippen LogP contribution < -0.4 is 0 Å². The zero-order valence-electron chi connectivity index (χ0n) is 12.2. The van der Waals surface area contributed by atoms with Gasteiger partial charge < -0.3 is 9.90 Å². The number of aldehydes is 1. The second-order valence-electron chi connectivity index (χ2n) is 7.03. The van der Waals surface area contributed by atoms with Gasteiger partial charge in [-0.2, -0.15) is 0 Å². The molecule has 0 unspecified atom stereocenters. The molecule has 2 aliphatic carbocycles. The number of carbonyl (C=O) groups is 1. The van der Waals surface area contributed by atoms with Crippen LogP contribution in [0.3, 0.4) is 0 Å². The van der Waals surface area contributed by atoms with Crippen molar-refractivity contribution in [2.24, 2.45) is 17.3 Å². The van der Waals surface area contributed by atoms with Gasteiger partial charge in [0.1, 0.15) is 6.29 Å². The van der Waals surface area contributed by atoms with Gasteiger partial charge >= 0.3 is 0 Å². The molecule has 1 N–H and O–H groups in total. The molecular formula is C18H24O2. The summed E-state index contributed by atoms with van der Waals surface area (Å²) in [5, 5.41) is 11.1. The van der Waals surface area contributed by atoms with Crippen molar-refractivity contribution in [2.75, 3.05) is 0 Å². The predicted octanol–water partition coefficient (Wildman–Crippen LogP) is 3.38. The predicted molar refractivity (Wildman–Crippen MR) is 79.3 cm³/mol. The number of hydrogen-bond acceptors (Lipinski definition) is 2. The third-order valence-electron chi connectivity index (χ3n) is 5.98. The highest BCUT2D eigenvalue weighted by atomic mass is 16.3. The molecule has 0 bridgehead atoms. The Morgan fingerprint density at radius 1 is 1.25 bits per heavy atom. The van der Waals surface area contributed by atoms with Crippen LogP contribution in [-0.2, 0) is 11.2 Å². The lowest BCUT2D eigenvalue weighted by molar-refractivity contribution is -0.131. The molecule has 2 saturated carbocycles. The lowest BCUT2D eigenvalue weighted by atomic mass is 9.59. The minimum absolute atomic E-state index is 0.0465. The van der Waals surface area contributed by atoms with E-state index in [1.807, 2.05) is 6.07 Å². The third-order valence-corrected chi connectivity index (χ3v) is 5.98. The van der Waals surface area contributed by atoms with Crippen LogP contribution in [-0.4, -0.2) is 17.0 Å². The topological polar surface area (TPSA) is 37.3 Å². The molecule has 0 heterocycles. The summed E-state index contributed by atoms with van der Waals surface area (Å²) < 4.78 is 0. The molecule has 0 saturated heterocycles. The van der Waals surface area contributed by atoms with Gasteiger partial charge in [0, 0.05) is 11.3 Å². The fourth-order valence-corrected chi connectivity index (χ4v) is 4.52. The van der Waals surface area contributed by atoms with Crippen molar-refractivity contribution in [3.05, 3.63) is 35.9 Å². The van der Waals surface area contributed by atoms with E-state index in [1.165, 1.54) is 5.56 Å². The Morgan fingerprint density at radius 3 is 2.70 bits per heavy atom. The number of benzene rings is 1. The van der Waals surface area contributed by atoms with Crippen molar-refractivity contribution >= 4 is 6.29 Å². The van der Waals surface area contributed by atoms with Crippen LogP contribution in [0.4, 0.5) is 0 Å². The van der Waals surface area contributed by atoms with Crippen LogP contribution in [0.1, 0.15) is 44.6 Å². The number of fused-ring (bicyclic) bond motifs is 1. The van der Waals surface area contributed by atoms with Crippen LogP contribution in [0.15, 0.2) is 30.3 Å². The van der Waals surface area contributed by atoms with Gasteiger partial charge in [0.15, 0.2) is 0 Å². The standard InChI is InChI=1S/C18H24O2/c1-17-9-7-15(11-14-5-3-2-4-6-14)12-18(17,20)10-8-16(17)13-19/h2-6,13,15-16,20H,7-12H2,1H3/t15-,16-,17-,18+/m1/s1. The smallest absolute Gasteiger partial charge is 0.123 e. The number of carbonyl (C=O) groups excluding carboxylic acids is 1. The van der Waals surface area contributed by atoms with Crippen LogP contribution in [0.25, 0.3) is 0 Å². The van der Waals surface area contributed by atoms with E-state index in [4.69, 9.17) is 0 Å². The lowest BCUT2D eigenvalue weighted by Crippen LogP contribution is -2.50. The van der Waals surface area contributed by atoms with Gasteiger partial charge in [0.2, 0.25) is 0 Å². The molecule has 20 heavy (non-hydrogen) atoms. The highest BCUT2D eigenvalue weighted by molar-refractivity contribution is 5.57. The first-order chi connectivity index (χ1) is 9.57. The Bertz CT molecular complexity index is 483. The van der Waals surface area contributed by atoms with Crippen molar-refractivity contribution < 1.29 is 9.90 Å². The lowest BCUT2D eigenvalue weighted by Gasteiger charge is -2.48. The van der Waals surface area contributed by atoms with Gasteiger partial charge in [0.25, 0.3) is 0 Å². The molecule has 4 atom stereocenters. The van der Waals surface area contributed by atoms with E-state index in [0.717, 1.165) is 44.8 Å². The molecule has 0 spiro atoms. The zero-order chi connectivity index (χ0) is 14.2. The van der Waals surface area contributed by atoms with Crippen LogP contribution in [0, 0.1) is 17.3 Å². The largest absolute Gasteiger partial charge is 0.389 e. The molecule has 2 aliphatic rings. The molecule has 0 amide bonds. The van der Waals surface area contributed by atoms with Gasteiger partial charge in [0.05, 0.1) is 5.60 Å². The van der Waals surface area contributed by atoms with Crippen LogP contribution in [0.2, 0.25) is 0 Å². The summed E-state index contributed by atoms with van der Waals surface area (Å²) in [4.78, 5) is 11.3. The van der Waals surface area contributed by atoms with E-state index in [9.17, 15) is 9.90 Å². The molecule has 3 rings (SSSR count). The molecule has 1 aromatic carbocycles. The minimum Gasteiger partial charge on any atom is -0.389 e. The number of rotatable bonds is 3. The summed E-state index contributed by atoms with van der Waals surface area (Å²) in [6.07, 6.45) is 6.72. The monoisotopic (exact) mass is 272 g/mol. The van der Waals surface area contributed by atoms with E-state index >= 15 is 0 Å². The normalized spacial score (nSPS) is 40.3. The molecule has 2 nitrogen and oxygen atoms in total. The fraction of sp³-hybridized carbons (Fsp3) is 0.611. The molecule has 0 aromatic heterocycles. The summed E-state index contributed by atoms with van der Waals surface area (Å²) in [7, 11) is 0. The van der Waals surface area contributed by atoms with Gasteiger partial charge in [-0.1, -0.05) is 37.3 Å². The highest BCUT2D eigenvalue weighted by Gasteiger charge is 2.58. The van der Waals surface area contributed by atoms with E-state index in [2.05, 4.69) is 31.2 Å². The summed E-state index contributed by atoms with van der Waals surface area (Å²) in [5.74, 6) is 0.589. The second kappa shape index (κ2) is 5.00. The Kier molecular flexibility index (Phi) is 3.45. The summed E-state index contributed by atoms with van der Waals surface area (Å²) in [6.45, 7) is 2.12. The Morgan fingerprint density at radius 2 is 2.00 bits per heavy atom. The molecule has 2 fully saturated rings. The molecule has 1 aromatic rings. The molecule has 0 radical (unpaired) electrons. The van der Waals surface area contributed by atoms with E-state index in [-0.39, 0.29) is 11.3 Å². The van der Waals surface area contributed by atoms with E-state index in [1.54, 1.807) is 0 Å². The molecular weight excluding hydrogens is 248 g/mol. The Labute approximate surface area is 121 Å². The highest BCUT2D eigenvalue weighted by Crippen LogP contribution is 2.58. The summed E-state index contributed by atoms with van der Waals surface area (Å²) in [5.41, 5.74) is 0.535. The van der Waals surface area contributed by atoms with Gasteiger partial charge in [-0.05, 0) is 50.0 Å². The maximum atomic E-state index is 11.3. The first kappa shape index (κ1) is 13.8. The van der Waals surface area contributed by atoms with Crippen molar-refractivity contribution in [2.45, 2.75) is 51.0 Å². The average Bonchev–Trinajstić information content (AvgIpc) is 2.71. The quantitative estimate of drug-likeness (QED) is 0.857. The van der Waals surface area contributed by atoms with Crippen molar-refractivity contribution in [3.8, 4) is 0 Å². The average molecular weight is 272 g/mol. The molecule has 0 aliphatic heterocycles. The SMILES string of the molecule is C[C@]12CC[C@H](Cc3ccccc3)C[C@@]1(O)CC[C@@H]2C=O. The Hall–Kier alpha value is -1.15.